The van der Waals surface area contributed by atoms with Crippen molar-refractivity contribution in [1.82, 2.24) is 0 Å². The van der Waals surface area contributed by atoms with Crippen LogP contribution >= 0.6 is 0 Å². The van der Waals surface area contributed by atoms with Crippen LogP contribution in [0.25, 0.3) is 0 Å². The Balaban J connectivity index is 1.49. The highest BCUT2D eigenvalue weighted by molar-refractivity contribution is 4.95. The first-order valence-electron chi connectivity index (χ1n) is 8.59. The molecule has 0 aromatic rings. The number of aliphatic hydroxyl groups excluding tert-OH is 1. The molecule has 3 rings (SSSR count). The minimum absolute atomic E-state index is 0.0653. The van der Waals surface area contributed by atoms with Crippen molar-refractivity contribution in [1.29, 1.82) is 0 Å². The molecule has 1 aliphatic heterocycles. The molecule has 0 radical (unpaired) electrons. The summed E-state index contributed by atoms with van der Waals surface area (Å²) in [5.41, 5.74) is 0.188. The lowest BCUT2D eigenvalue weighted by Crippen LogP contribution is -2.48. The van der Waals surface area contributed by atoms with Crippen molar-refractivity contribution >= 4 is 0 Å². The van der Waals surface area contributed by atoms with E-state index in [1.54, 1.807) is 0 Å². The minimum atomic E-state index is -0.0653. The van der Waals surface area contributed by atoms with Gasteiger partial charge in [0, 0.05) is 6.61 Å². The maximum atomic E-state index is 10.6. The van der Waals surface area contributed by atoms with Crippen LogP contribution in [-0.2, 0) is 4.74 Å². The summed E-state index contributed by atoms with van der Waals surface area (Å²) in [5, 5.41) is 10.6. The lowest BCUT2D eigenvalue weighted by atomic mass is 9.70. The molecule has 3 fully saturated rings. The Labute approximate surface area is 117 Å². The zero-order valence-electron chi connectivity index (χ0n) is 12.3. The van der Waals surface area contributed by atoms with Crippen LogP contribution in [-0.4, -0.2) is 23.4 Å². The van der Waals surface area contributed by atoms with E-state index in [0.717, 1.165) is 31.8 Å². The Kier molecular flexibility index (Phi) is 4.48. The molecule has 110 valence electrons. The molecule has 2 nitrogen and oxygen atoms in total. The Morgan fingerprint density at radius 2 is 1.74 bits per heavy atom. The van der Waals surface area contributed by atoms with Gasteiger partial charge < -0.3 is 9.84 Å². The van der Waals surface area contributed by atoms with E-state index in [1.807, 2.05) is 0 Å². The van der Waals surface area contributed by atoms with E-state index >= 15 is 0 Å². The van der Waals surface area contributed by atoms with Crippen molar-refractivity contribution in [3.05, 3.63) is 0 Å². The predicted molar refractivity (Wildman–Crippen MR) is 77.1 cm³/mol. The highest BCUT2D eigenvalue weighted by atomic mass is 16.5. The quantitative estimate of drug-likeness (QED) is 0.781. The van der Waals surface area contributed by atoms with Gasteiger partial charge in [-0.2, -0.15) is 0 Å². The van der Waals surface area contributed by atoms with Crippen LogP contribution in [0, 0.1) is 11.8 Å². The molecule has 0 amide bonds. The summed E-state index contributed by atoms with van der Waals surface area (Å²) in [4.78, 5) is 0. The number of hydrogen-bond acceptors (Lipinski definition) is 2. The summed E-state index contributed by atoms with van der Waals surface area (Å²) in [6.07, 6.45) is 15.3. The average molecular weight is 266 g/mol. The van der Waals surface area contributed by atoms with Gasteiger partial charge in [0.05, 0.1) is 11.7 Å². The Morgan fingerprint density at radius 3 is 2.37 bits per heavy atom. The maximum absolute atomic E-state index is 10.6. The predicted octanol–water partition coefficient (Wildman–Crippen LogP) is 4.06. The van der Waals surface area contributed by atoms with E-state index in [2.05, 4.69) is 0 Å². The molecule has 1 saturated heterocycles. The smallest absolute Gasteiger partial charge is 0.0686 e. The topological polar surface area (TPSA) is 29.5 Å². The zero-order chi connectivity index (χ0) is 13.1. The van der Waals surface area contributed by atoms with E-state index in [0.29, 0.717) is 5.92 Å². The average Bonchev–Trinajstić information content (AvgIpc) is 2.66. The van der Waals surface area contributed by atoms with Crippen LogP contribution in [0.5, 0.6) is 0 Å². The number of aliphatic hydroxyl groups is 1. The van der Waals surface area contributed by atoms with Gasteiger partial charge in [-0.25, -0.2) is 0 Å². The fourth-order valence-electron chi connectivity index (χ4n) is 4.45. The van der Waals surface area contributed by atoms with E-state index in [-0.39, 0.29) is 11.7 Å². The summed E-state index contributed by atoms with van der Waals surface area (Å²) in [6, 6.07) is 0. The lowest BCUT2D eigenvalue weighted by Gasteiger charge is -2.48. The molecule has 0 aromatic carbocycles. The van der Waals surface area contributed by atoms with Crippen LogP contribution in [0.3, 0.4) is 0 Å². The normalized spacial score (nSPS) is 33.6. The highest BCUT2D eigenvalue weighted by Crippen LogP contribution is 2.45. The number of hydrogen-bond donors (Lipinski definition) is 1. The van der Waals surface area contributed by atoms with Crippen molar-refractivity contribution in [2.75, 3.05) is 6.61 Å². The molecule has 0 aromatic heterocycles. The van der Waals surface area contributed by atoms with Crippen LogP contribution in [0.15, 0.2) is 0 Å². The van der Waals surface area contributed by atoms with Crippen molar-refractivity contribution in [2.24, 2.45) is 11.8 Å². The van der Waals surface area contributed by atoms with Crippen LogP contribution in [0.2, 0.25) is 0 Å². The first kappa shape index (κ1) is 13.9. The summed E-state index contributed by atoms with van der Waals surface area (Å²) in [6.45, 7) is 0.881. The fourth-order valence-corrected chi connectivity index (χ4v) is 4.45. The van der Waals surface area contributed by atoms with Crippen LogP contribution in [0.4, 0.5) is 0 Å². The van der Waals surface area contributed by atoms with Gasteiger partial charge in [-0.1, -0.05) is 38.5 Å². The summed E-state index contributed by atoms with van der Waals surface area (Å²) < 4.78 is 5.98. The SMILES string of the molecule is OC(CC1CCCCCC1)C1CCOC2(CCC2)C1. The fraction of sp³-hybridized carbons (Fsp3) is 1.00. The van der Waals surface area contributed by atoms with Gasteiger partial charge >= 0.3 is 0 Å². The second-order valence-electron chi connectivity index (χ2n) is 7.30. The number of ether oxygens (including phenoxy) is 1. The van der Waals surface area contributed by atoms with Crippen molar-refractivity contribution in [3.63, 3.8) is 0 Å². The van der Waals surface area contributed by atoms with E-state index in [9.17, 15) is 5.11 Å². The Bertz CT molecular complexity index is 277. The van der Waals surface area contributed by atoms with Crippen molar-refractivity contribution < 1.29 is 9.84 Å². The molecule has 2 aliphatic carbocycles. The third-order valence-corrected chi connectivity index (χ3v) is 5.89. The largest absolute Gasteiger partial charge is 0.393 e. The van der Waals surface area contributed by atoms with Gasteiger partial charge in [-0.3, -0.25) is 0 Å². The first-order chi connectivity index (χ1) is 9.27. The Hall–Kier alpha value is -0.0800. The van der Waals surface area contributed by atoms with Gasteiger partial charge in [0.15, 0.2) is 0 Å². The molecule has 19 heavy (non-hydrogen) atoms. The highest BCUT2D eigenvalue weighted by Gasteiger charge is 2.44. The summed E-state index contributed by atoms with van der Waals surface area (Å²) in [5.74, 6) is 1.30. The lowest BCUT2D eigenvalue weighted by molar-refractivity contribution is -0.158. The van der Waals surface area contributed by atoms with Gasteiger partial charge in [-0.15, -0.1) is 0 Å². The second-order valence-corrected chi connectivity index (χ2v) is 7.30. The third kappa shape index (κ3) is 3.33. The van der Waals surface area contributed by atoms with E-state index in [1.165, 1.54) is 57.8 Å². The molecule has 2 unspecified atom stereocenters. The van der Waals surface area contributed by atoms with Crippen molar-refractivity contribution in [2.45, 2.75) is 88.8 Å². The third-order valence-electron chi connectivity index (χ3n) is 5.89. The first-order valence-corrected chi connectivity index (χ1v) is 8.59. The summed E-state index contributed by atoms with van der Waals surface area (Å²) >= 11 is 0. The monoisotopic (exact) mass is 266 g/mol. The van der Waals surface area contributed by atoms with Gasteiger partial charge in [0.2, 0.25) is 0 Å². The summed E-state index contributed by atoms with van der Waals surface area (Å²) in [7, 11) is 0. The van der Waals surface area contributed by atoms with Gasteiger partial charge in [0.25, 0.3) is 0 Å². The second kappa shape index (κ2) is 6.13. The Morgan fingerprint density at radius 1 is 1.00 bits per heavy atom. The van der Waals surface area contributed by atoms with Crippen LogP contribution in [0.1, 0.15) is 77.0 Å². The minimum Gasteiger partial charge on any atom is -0.393 e. The number of rotatable bonds is 3. The standard InChI is InChI=1S/C17H30O2/c18-16(12-14-6-3-1-2-4-7-14)15-8-11-19-17(13-15)9-5-10-17/h14-16,18H,1-13H2. The molecule has 1 heterocycles. The van der Waals surface area contributed by atoms with Crippen LogP contribution < -0.4 is 0 Å². The molecule has 2 heteroatoms. The van der Waals surface area contributed by atoms with Gasteiger partial charge in [-0.05, 0) is 50.4 Å². The molecular weight excluding hydrogens is 236 g/mol. The van der Waals surface area contributed by atoms with E-state index < -0.39 is 0 Å². The molecule has 1 N–H and O–H groups in total. The molecule has 2 atom stereocenters. The van der Waals surface area contributed by atoms with E-state index in [4.69, 9.17) is 4.74 Å². The molecule has 3 aliphatic rings. The molecule has 0 bridgehead atoms. The maximum Gasteiger partial charge on any atom is 0.0686 e. The van der Waals surface area contributed by atoms with Crippen molar-refractivity contribution in [3.8, 4) is 0 Å². The van der Waals surface area contributed by atoms with Gasteiger partial charge in [0.1, 0.15) is 0 Å². The molecular formula is C17H30O2. The molecule has 2 saturated carbocycles. The zero-order valence-corrected chi connectivity index (χ0v) is 12.3. The molecule has 1 spiro atoms.